The van der Waals surface area contributed by atoms with Gasteiger partial charge in [-0.1, -0.05) is 17.7 Å². The van der Waals surface area contributed by atoms with Crippen LogP contribution in [0.25, 0.3) is 0 Å². The highest BCUT2D eigenvalue weighted by molar-refractivity contribution is 5.80. The molecule has 0 saturated carbocycles. The van der Waals surface area contributed by atoms with E-state index < -0.39 is 0 Å². The minimum absolute atomic E-state index is 0.0408. The van der Waals surface area contributed by atoms with Gasteiger partial charge in [-0.15, -0.1) is 0 Å². The molecule has 1 amide bonds. The lowest BCUT2D eigenvalue weighted by Gasteiger charge is -2.25. The van der Waals surface area contributed by atoms with Crippen molar-refractivity contribution in [3.63, 3.8) is 0 Å². The van der Waals surface area contributed by atoms with Crippen molar-refractivity contribution in [2.75, 3.05) is 13.7 Å². The number of rotatable bonds is 4. The van der Waals surface area contributed by atoms with Crippen LogP contribution in [-0.4, -0.2) is 34.4 Å². The summed E-state index contributed by atoms with van der Waals surface area (Å²) in [5.74, 6) is 0.765. The van der Waals surface area contributed by atoms with E-state index in [0.717, 1.165) is 35.4 Å². The first kappa shape index (κ1) is 16.2. The van der Waals surface area contributed by atoms with Gasteiger partial charge in [0, 0.05) is 24.0 Å². The fraction of sp³-hybridized carbons (Fsp3) is 0.389. The van der Waals surface area contributed by atoms with Gasteiger partial charge in [-0.05, 0) is 31.9 Å². The highest BCUT2D eigenvalue weighted by Gasteiger charge is 2.30. The Morgan fingerprint density at radius 1 is 1.42 bits per heavy atom. The number of benzene rings is 1. The number of nitrogens with one attached hydrogen (secondary N) is 1. The average Bonchev–Trinajstić information content (AvgIpc) is 3.05. The van der Waals surface area contributed by atoms with E-state index in [4.69, 9.17) is 4.74 Å². The molecule has 126 valence electrons. The summed E-state index contributed by atoms with van der Waals surface area (Å²) >= 11 is 0. The van der Waals surface area contributed by atoms with Gasteiger partial charge in [0.05, 0.1) is 19.6 Å². The number of methoxy groups -OCH3 is 1. The highest BCUT2D eigenvalue weighted by Crippen LogP contribution is 2.31. The van der Waals surface area contributed by atoms with E-state index in [0.29, 0.717) is 6.54 Å². The zero-order valence-corrected chi connectivity index (χ0v) is 13.9. The molecule has 0 bridgehead atoms. The van der Waals surface area contributed by atoms with Crippen molar-refractivity contribution in [3.8, 4) is 5.75 Å². The van der Waals surface area contributed by atoms with Gasteiger partial charge in [0.2, 0.25) is 5.91 Å². The number of hydrogen-bond acceptors (Lipinski definition) is 4. The lowest BCUT2D eigenvalue weighted by molar-refractivity contribution is -0.131. The van der Waals surface area contributed by atoms with Gasteiger partial charge in [0.15, 0.2) is 0 Å². The third-order valence-electron chi connectivity index (χ3n) is 4.41. The third kappa shape index (κ3) is 3.32. The summed E-state index contributed by atoms with van der Waals surface area (Å²) in [5, 5.41) is 0. The van der Waals surface area contributed by atoms with Crippen LogP contribution in [0.2, 0.25) is 0 Å². The van der Waals surface area contributed by atoms with Crippen molar-refractivity contribution in [1.29, 1.82) is 0 Å². The number of carbonyl (C=O) groups is 1. The minimum Gasteiger partial charge on any atom is -0.496 e. The number of aromatic amines is 1. The molecule has 1 atom stereocenters. The second-order valence-electron chi connectivity index (χ2n) is 6.07. The van der Waals surface area contributed by atoms with Gasteiger partial charge in [-0.2, -0.15) is 0 Å². The quantitative estimate of drug-likeness (QED) is 0.932. The van der Waals surface area contributed by atoms with E-state index in [1.807, 2.05) is 30.0 Å². The van der Waals surface area contributed by atoms with Crippen LogP contribution < -0.4 is 10.4 Å². The smallest absolute Gasteiger partial charge is 0.345 e. The van der Waals surface area contributed by atoms with Crippen molar-refractivity contribution < 1.29 is 9.53 Å². The Labute approximate surface area is 140 Å². The molecule has 0 unspecified atom stereocenters. The Hall–Kier alpha value is -2.63. The number of amides is 1. The molecular formula is C18H21N3O3. The summed E-state index contributed by atoms with van der Waals surface area (Å²) in [7, 11) is 1.61. The normalized spacial score (nSPS) is 17.1. The SMILES string of the molecule is COc1ccc(C)cc1CC(=O)N1CCC[C@@H]1c1ccnc(=O)[nH]1. The Morgan fingerprint density at radius 3 is 3.00 bits per heavy atom. The molecule has 2 heterocycles. The van der Waals surface area contributed by atoms with E-state index in [1.54, 1.807) is 13.2 Å². The fourth-order valence-electron chi connectivity index (χ4n) is 3.28. The Balaban J connectivity index is 1.82. The van der Waals surface area contributed by atoms with Gasteiger partial charge in [-0.25, -0.2) is 9.78 Å². The number of H-pyrrole nitrogens is 1. The molecule has 1 aliphatic heterocycles. The van der Waals surface area contributed by atoms with Crippen molar-refractivity contribution >= 4 is 5.91 Å². The average molecular weight is 327 g/mol. The second-order valence-corrected chi connectivity index (χ2v) is 6.07. The number of carbonyl (C=O) groups excluding carboxylic acids is 1. The summed E-state index contributed by atoms with van der Waals surface area (Å²) in [6, 6.07) is 7.51. The van der Waals surface area contributed by atoms with Crippen LogP contribution in [-0.2, 0) is 11.2 Å². The molecule has 6 heteroatoms. The maximum absolute atomic E-state index is 12.8. The van der Waals surface area contributed by atoms with Gasteiger partial charge in [-0.3, -0.25) is 4.79 Å². The molecule has 2 aromatic rings. The van der Waals surface area contributed by atoms with Gasteiger partial charge in [0.25, 0.3) is 0 Å². The van der Waals surface area contributed by atoms with Crippen LogP contribution in [0.3, 0.4) is 0 Å². The topological polar surface area (TPSA) is 75.3 Å². The number of nitrogens with zero attached hydrogens (tertiary/aromatic N) is 2. The molecule has 24 heavy (non-hydrogen) atoms. The van der Waals surface area contributed by atoms with Crippen LogP contribution in [0.5, 0.6) is 5.75 Å². The molecule has 0 spiro atoms. The maximum Gasteiger partial charge on any atom is 0.345 e. The third-order valence-corrected chi connectivity index (χ3v) is 4.41. The zero-order chi connectivity index (χ0) is 17.1. The summed E-state index contributed by atoms with van der Waals surface area (Å²) in [4.78, 5) is 32.5. The molecule has 1 aromatic heterocycles. The predicted molar refractivity (Wildman–Crippen MR) is 90.0 cm³/mol. The molecule has 1 N–H and O–H groups in total. The van der Waals surface area contributed by atoms with Crippen LogP contribution in [0.1, 0.15) is 35.7 Å². The Morgan fingerprint density at radius 2 is 2.25 bits per heavy atom. The van der Waals surface area contributed by atoms with Crippen molar-refractivity contribution in [3.05, 3.63) is 57.8 Å². The number of aromatic nitrogens is 2. The standard InChI is InChI=1S/C18H21N3O3/c1-12-5-6-16(24-2)13(10-12)11-17(22)21-9-3-4-15(21)14-7-8-19-18(23)20-14/h5-8,10,15H,3-4,9,11H2,1-2H3,(H,19,20,23)/t15-/m1/s1. The Bertz CT molecular complexity index is 800. The van der Waals surface area contributed by atoms with E-state index in [9.17, 15) is 9.59 Å². The minimum atomic E-state index is -0.382. The zero-order valence-electron chi connectivity index (χ0n) is 13.9. The van der Waals surface area contributed by atoms with Crippen molar-refractivity contribution in [1.82, 2.24) is 14.9 Å². The van der Waals surface area contributed by atoms with Crippen molar-refractivity contribution in [2.45, 2.75) is 32.2 Å². The summed E-state index contributed by atoms with van der Waals surface area (Å²) < 4.78 is 5.36. The monoisotopic (exact) mass is 327 g/mol. The highest BCUT2D eigenvalue weighted by atomic mass is 16.5. The van der Waals surface area contributed by atoms with Crippen LogP contribution in [0.4, 0.5) is 0 Å². The van der Waals surface area contributed by atoms with E-state index in [1.165, 1.54) is 6.20 Å². The van der Waals surface area contributed by atoms with Gasteiger partial charge in [0.1, 0.15) is 5.75 Å². The Kier molecular flexibility index (Phi) is 4.64. The lowest BCUT2D eigenvalue weighted by atomic mass is 10.1. The van der Waals surface area contributed by atoms with Crippen LogP contribution in [0.15, 0.2) is 35.3 Å². The first-order valence-corrected chi connectivity index (χ1v) is 8.06. The molecule has 0 aliphatic carbocycles. The van der Waals surface area contributed by atoms with E-state index in [-0.39, 0.29) is 24.1 Å². The molecule has 1 aliphatic rings. The molecule has 1 fully saturated rings. The number of ether oxygens (including phenoxy) is 1. The van der Waals surface area contributed by atoms with Crippen LogP contribution >= 0.6 is 0 Å². The van der Waals surface area contributed by atoms with E-state index in [2.05, 4.69) is 9.97 Å². The molecule has 1 aromatic carbocycles. The first-order chi connectivity index (χ1) is 11.6. The van der Waals surface area contributed by atoms with E-state index >= 15 is 0 Å². The molecule has 0 radical (unpaired) electrons. The second kappa shape index (κ2) is 6.86. The lowest BCUT2D eigenvalue weighted by Crippen LogP contribution is -2.33. The number of likely N-dealkylation sites (tertiary alicyclic amines) is 1. The molecule has 1 saturated heterocycles. The summed E-state index contributed by atoms with van der Waals surface area (Å²) in [6.07, 6.45) is 3.54. The molecule has 6 nitrogen and oxygen atoms in total. The number of aryl methyl sites for hydroxylation is 1. The summed E-state index contributed by atoms with van der Waals surface area (Å²) in [5.41, 5.74) is 2.34. The fourth-order valence-corrected chi connectivity index (χ4v) is 3.28. The van der Waals surface area contributed by atoms with Crippen molar-refractivity contribution in [2.24, 2.45) is 0 Å². The number of hydrogen-bond donors (Lipinski definition) is 1. The summed E-state index contributed by atoms with van der Waals surface area (Å²) in [6.45, 7) is 2.69. The first-order valence-electron chi connectivity index (χ1n) is 8.06. The molecule has 3 rings (SSSR count). The molecular weight excluding hydrogens is 306 g/mol. The predicted octanol–water partition coefficient (Wildman–Crippen LogP) is 1.99. The van der Waals surface area contributed by atoms with Crippen LogP contribution in [0, 0.1) is 6.92 Å². The van der Waals surface area contributed by atoms with Gasteiger partial charge < -0.3 is 14.6 Å². The maximum atomic E-state index is 12.8. The van der Waals surface area contributed by atoms with Gasteiger partial charge >= 0.3 is 5.69 Å². The largest absolute Gasteiger partial charge is 0.496 e.